The highest BCUT2D eigenvalue weighted by Gasteiger charge is 2.27. The molecule has 0 bridgehead atoms. The number of hydrogen-bond donors (Lipinski definition) is 1. The lowest BCUT2D eigenvalue weighted by molar-refractivity contribution is -0.130. The Balaban J connectivity index is 1.52. The quantitative estimate of drug-likeness (QED) is 0.590. The number of carbonyl (C=O) groups is 2. The molecule has 32 heavy (non-hydrogen) atoms. The molecule has 2 aromatic rings. The van der Waals surface area contributed by atoms with Gasteiger partial charge in [-0.05, 0) is 56.9 Å². The second-order valence-electron chi connectivity index (χ2n) is 7.73. The zero-order chi connectivity index (χ0) is 22.9. The number of nitrogens with one attached hydrogen (secondary N) is 1. The molecular weight excluding hydrogens is 410 g/mol. The summed E-state index contributed by atoms with van der Waals surface area (Å²) in [4.78, 5) is 26.8. The van der Waals surface area contributed by atoms with Gasteiger partial charge in [-0.3, -0.25) is 9.59 Å². The lowest BCUT2D eigenvalue weighted by Gasteiger charge is -2.30. The Morgan fingerprint density at radius 1 is 1.19 bits per heavy atom. The van der Waals surface area contributed by atoms with E-state index in [9.17, 15) is 9.59 Å². The molecule has 0 unspecified atom stereocenters. The predicted octanol–water partition coefficient (Wildman–Crippen LogP) is 4.06. The third-order valence-electron chi connectivity index (χ3n) is 5.20. The maximum absolute atomic E-state index is 12.6. The molecule has 1 N–H and O–H groups in total. The first kappa shape index (κ1) is 23.4. The van der Waals surface area contributed by atoms with Crippen molar-refractivity contribution in [3.8, 4) is 11.5 Å². The number of likely N-dealkylation sites (tertiary alicyclic amines) is 1. The van der Waals surface area contributed by atoms with E-state index in [1.54, 1.807) is 30.0 Å². The minimum atomic E-state index is -0.149. The number of aryl methyl sites for hydroxylation is 1. The summed E-state index contributed by atoms with van der Waals surface area (Å²) in [6.07, 6.45) is 5.48. The molecule has 0 saturated carbocycles. The van der Waals surface area contributed by atoms with Crippen LogP contribution in [-0.4, -0.2) is 48.2 Å². The molecule has 1 saturated heterocycles. The number of nitrogens with zero attached hydrogens (tertiary/aromatic N) is 2. The van der Waals surface area contributed by atoms with Crippen molar-refractivity contribution in [2.75, 3.05) is 31.6 Å². The van der Waals surface area contributed by atoms with Gasteiger partial charge in [-0.1, -0.05) is 18.1 Å². The molecule has 0 atom stereocenters. The summed E-state index contributed by atoms with van der Waals surface area (Å²) in [6.45, 7) is 7.97. The first-order valence-corrected chi connectivity index (χ1v) is 11.1. The van der Waals surface area contributed by atoms with Crippen LogP contribution in [0.4, 0.5) is 5.82 Å². The van der Waals surface area contributed by atoms with Crippen molar-refractivity contribution in [3.63, 3.8) is 0 Å². The highest BCUT2D eigenvalue weighted by molar-refractivity contribution is 5.93. The van der Waals surface area contributed by atoms with Gasteiger partial charge in [-0.2, -0.15) is 0 Å². The van der Waals surface area contributed by atoms with Gasteiger partial charge in [0.25, 0.3) is 0 Å². The third-order valence-corrected chi connectivity index (χ3v) is 5.20. The molecule has 2 heterocycles. The van der Waals surface area contributed by atoms with Crippen molar-refractivity contribution in [2.45, 2.75) is 40.0 Å². The summed E-state index contributed by atoms with van der Waals surface area (Å²) in [5, 5.41) is 6.56. The first-order valence-electron chi connectivity index (χ1n) is 11.1. The summed E-state index contributed by atoms with van der Waals surface area (Å²) in [5.41, 5.74) is 0.864. The van der Waals surface area contributed by atoms with Gasteiger partial charge >= 0.3 is 0 Å². The van der Waals surface area contributed by atoms with Gasteiger partial charge in [0, 0.05) is 31.1 Å². The van der Waals surface area contributed by atoms with Gasteiger partial charge < -0.3 is 24.2 Å². The minimum Gasteiger partial charge on any atom is -0.490 e. The fourth-order valence-electron chi connectivity index (χ4n) is 3.52. The number of aromatic nitrogens is 1. The van der Waals surface area contributed by atoms with Gasteiger partial charge in [-0.15, -0.1) is 0 Å². The molecule has 2 amide bonds. The SMILES string of the molecule is CCCOc1ccc(/C=C/C(=O)N2CCC(C(=O)Nc3cc(C)on3)CC2)cc1OCC. The van der Waals surface area contributed by atoms with Gasteiger partial charge in [0.1, 0.15) is 5.76 Å². The number of anilines is 1. The van der Waals surface area contributed by atoms with E-state index in [-0.39, 0.29) is 17.7 Å². The predicted molar refractivity (Wildman–Crippen MR) is 122 cm³/mol. The molecule has 1 aliphatic heterocycles. The van der Waals surface area contributed by atoms with Gasteiger partial charge in [0.15, 0.2) is 17.3 Å². The Kier molecular flexibility index (Phi) is 8.30. The van der Waals surface area contributed by atoms with Crippen LogP contribution >= 0.6 is 0 Å². The van der Waals surface area contributed by atoms with Crippen LogP contribution in [-0.2, 0) is 9.59 Å². The summed E-state index contributed by atoms with van der Waals surface area (Å²) >= 11 is 0. The summed E-state index contributed by atoms with van der Waals surface area (Å²) in [5.74, 6) is 2.14. The summed E-state index contributed by atoms with van der Waals surface area (Å²) in [7, 11) is 0. The van der Waals surface area contributed by atoms with E-state index >= 15 is 0 Å². The van der Waals surface area contributed by atoms with Crippen molar-refractivity contribution >= 4 is 23.7 Å². The van der Waals surface area contributed by atoms with Gasteiger partial charge in [-0.25, -0.2) is 0 Å². The molecule has 1 aromatic heterocycles. The van der Waals surface area contributed by atoms with Crippen molar-refractivity contribution in [2.24, 2.45) is 5.92 Å². The Hall–Kier alpha value is -3.29. The summed E-state index contributed by atoms with van der Waals surface area (Å²) in [6, 6.07) is 7.33. The molecule has 3 rings (SSSR count). The average Bonchev–Trinajstić information content (AvgIpc) is 3.21. The summed E-state index contributed by atoms with van der Waals surface area (Å²) < 4.78 is 16.4. The Bertz CT molecular complexity index is 945. The first-order chi connectivity index (χ1) is 15.5. The minimum absolute atomic E-state index is 0.0692. The van der Waals surface area contributed by atoms with E-state index in [1.807, 2.05) is 25.1 Å². The monoisotopic (exact) mass is 441 g/mol. The second kappa shape index (κ2) is 11.4. The van der Waals surface area contributed by atoms with Crippen molar-refractivity contribution in [3.05, 3.63) is 41.7 Å². The van der Waals surface area contributed by atoms with E-state index in [0.29, 0.717) is 62.2 Å². The molecule has 8 nitrogen and oxygen atoms in total. The van der Waals surface area contributed by atoms with Crippen LogP contribution in [0.2, 0.25) is 0 Å². The standard InChI is InChI=1S/C24H31N3O5/c1-4-14-31-20-8-6-18(16-21(20)30-5-2)7-9-23(28)27-12-10-19(11-13-27)24(29)25-22-15-17(3)32-26-22/h6-9,15-16,19H,4-5,10-14H2,1-3H3,(H,25,26,29)/b9-7+. The number of amides is 2. The third kappa shape index (κ3) is 6.35. The fourth-order valence-corrected chi connectivity index (χ4v) is 3.52. The van der Waals surface area contributed by atoms with E-state index < -0.39 is 0 Å². The molecular formula is C24H31N3O5. The zero-order valence-electron chi connectivity index (χ0n) is 18.9. The van der Waals surface area contributed by atoms with Crippen molar-refractivity contribution in [1.29, 1.82) is 0 Å². The van der Waals surface area contributed by atoms with E-state index in [2.05, 4.69) is 17.4 Å². The second-order valence-corrected chi connectivity index (χ2v) is 7.73. The molecule has 8 heteroatoms. The lowest BCUT2D eigenvalue weighted by Crippen LogP contribution is -2.40. The lowest BCUT2D eigenvalue weighted by atomic mass is 9.96. The molecule has 0 radical (unpaired) electrons. The van der Waals surface area contributed by atoms with Crippen LogP contribution in [0.15, 0.2) is 34.9 Å². The highest BCUT2D eigenvalue weighted by atomic mass is 16.5. The number of benzene rings is 1. The molecule has 0 aliphatic carbocycles. The van der Waals surface area contributed by atoms with Crippen LogP contribution in [0.3, 0.4) is 0 Å². The van der Waals surface area contributed by atoms with Crippen LogP contribution in [0.5, 0.6) is 11.5 Å². The number of ether oxygens (including phenoxy) is 2. The van der Waals surface area contributed by atoms with Crippen molar-refractivity contribution < 1.29 is 23.6 Å². The van der Waals surface area contributed by atoms with Crippen LogP contribution in [0.1, 0.15) is 44.4 Å². The molecule has 172 valence electrons. The molecule has 1 aliphatic rings. The van der Waals surface area contributed by atoms with Crippen LogP contribution < -0.4 is 14.8 Å². The maximum atomic E-state index is 12.6. The van der Waals surface area contributed by atoms with Crippen LogP contribution in [0, 0.1) is 12.8 Å². The number of carbonyl (C=O) groups excluding carboxylic acids is 2. The number of rotatable bonds is 9. The highest BCUT2D eigenvalue weighted by Crippen LogP contribution is 2.29. The Morgan fingerprint density at radius 2 is 1.97 bits per heavy atom. The average molecular weight is 442 g/mol. The molecule has 0 spiro atoms. The maximum Gasteiger partial charge on any atom is 0.246 e. The van der Waals surface area contributed by atoms with E-state index in [4.69, 9.17) is 14.0 Å². The topological polar surface area (TPSA) is 93.9 Å². The van der Waals surface area contributed by atoms with E-state index in [1.165, 1.54) is 0 Å². The number of hydrogen-bond acceptors (Lipinski definition) is 6. The zero-order valence-corrected chi connectivity index (χ0v) is 18.9. The Labute approximate surface area is 188 Å². The smallest absolute Gasteiger partial charge is 0.246 e. The Morgan fingerprint density at radius 3 is 2.62 bits per heavy atom. The van der Waals surface area contributed by atoms with Crippen molar-refractivity contribution in [1.82, 2.24) is 10.1 Å². The van der Waals surface area contributed by atoms with Gasteiger partial charge in [0.05, 0.1) is 13.2 Å². The largest absolute Gasteiger partial charge is 0.490 e. The number of piperidine rings is 1. The molecule has 1 fully saturated rings. The van der Waals surface area contributed by atoms with E-state index in [0.717, 1.165) is 12.0 Å². The fraction of sp³-hybridized carbons (Fsp3) is 0.458. The van der Waals surface area contributed by atoms with Gasteiger partial charge in [0.2, 0.25) is 11.8 Å². The normalized spacial score (nSPS) is 14.5. The molecule has 1 aromatic carbocycles. The van der Waals surface area contributed by atoms with Crippen LogP contribution in [0.25, 0.3) is 6.08 Å².